The highest BCUT2D eigenvalue weighted by molar-refractivity contribution is 6.12. The molecule has 6 aromatic rings. The molecule has 0 fully saturated rings. The molecule has 6 rings (SSSR count). The summed E-state index contributed by atoms with van der Waals surface area (Å²) in [4.78, 5) is 18.1. The van der Waals surface area contributed by atoms with Crippen molar-refractivity contribution < 1.29 is 18.4 Å². The summed E-state index contributed by atoms with van der Waals surface area (Å²) in [5.74, 6) is 3.23. The highest BCUT2D eigenvalue weighted by atomic mass is 16.5. The molecule has 0 aliphatic heterocycles. The number of para-hydroxylation sites is 1. The minimum absolute atomic E-state index is 0.0554. The first kappa shape index (κ1) is 31.5. The van der Waals surface area contributed by atoms with E-state index in [1.54, 1.807) is 0 Å². The number of aromatic nitrogens is 3. The van der Waals surface area contributed by atoms with Crippen molar-refractivity contribution in [2.24, 2.45) is 0 Å². The Kier molecular flexibility index (Phi) is 10.2. The van der Waals surface area contributed by atoms with E-state index < -0.39 is 0 Å². The molecule has 0 saturated heterocycles. The number of nitrogens with one attached hydrogen (secondary N) is 1. The van der Waals surface area contributed by atoms with Crippen molar-refractivity contribution in [1.82, 2.24) is 15.2 Å². The Balaban J connectivity index is 1.15. The van der Waals surface area contributed by atoms with Gasteiger partial charge in [-0.25, -0.2) is 4.98 Å². The van der Waals surface area contributed by atoms with Gasteiger partial charge in [0.1, 0.15) is 17.6 Å². The maximum absolute atomic E-state index is 13.5. The number of ether oxygens (including phenoxy) is 1. The Hall–Kier alpha value is -5.50. The van der Waals surface area contributed by atoms with Gasteiger partial charge in [-0.1, -0.05) is 86.1 Å². The smallest absolute Gasteiger partial charge is 0.238 e. The molecule has 0 radical (unpaired) electrons. The zero-order chi connectivity index (χ0) is 32.4. The molecule has 0 amide bonds. The second-order valence-corrected chi connectivity index (χ2v) is 11.4. The SMILES string of the molecule is CCCCc1nnc([C@H](Cc2ccc(OCCc3nc(-c4ccccc4)oc3C)cc2)Nc2ccccc2C(=O)c2ccccc2)o1. The Morgan fingerprint density at radius 1 is 0.830 bits per heavy atom. The third-order valence-electron chi connectivity index (χ3n) is 7.95. The average molecular weight is 627 g/mol. The first-order valence-electron chi connectivity index (χ1n) is 16.1. The van der Waals surface area contributed by atoms with Crippen molar-refractivity contribution in [2.75, 3.05) is 11.9 Å². The molecule has 8 heteroatoms. The molecule has 1 N–H and O–H groups in total. The number of oxazole rings is 1. The predicted molar refractivity (Wildman–Crippen MR) is 182 cm³/mol. The van der Waals surface area contributed by atoms with Crippen LogP contribution in [-0.2, 0) is 19.3 Å². The van der Waals surface area contributed by atoms with Crippen LogP contribution in [-0.4, -0.2) is 27.6 Å². The number of carbonyl (C=O) groups is 1. The van der Waals surface area contributed by atoms with Crippen LogP contribution in [0.1, 0.15) is 70.5 Å². The number of carbonyl (C=O) groups excluding carboxylic acids is 1. The Labute approximate surface area is 274 Å². The molecule has 238 valence electrons. The van der Waals surface area contributed by atoms with Gasteiger partial charge >= 0.3 is 0 Å². The summed E-state index contributed by atoms with van der Waals surface area (Å²) >= 11 is 0. The minimum Gasteiger partial charge on any atom is -0.493 e. The van der Waals surface area contributed by atoms with Crippen LogP contribution in [0.25, 0.3) is 11.5 Å². The van der Waals surface area contributed by atoms with Crippen LogP contribution in [0.2, 0.25) is 0 Å². The molecule has 2 aromatic heterocycles. The molecule has 0 bridgehead atoms. The fraction of sp³-hybridized carbons (Fsp3) is 0.231. The van der Waals surface area contributed by atoms with E-state index >= 15 is 0 Å². The number of benzene rings is 4. The number of rotatable bonds is 15. The standard InChI is InChI=1S/C39H38N4O4/c1-3-4-19-36-42-43-39(47-36)35(40-34-18-12-11-17-32(34)37(44)29-13-7-5-8-14-29)26-28-20-22-31(23-21-28)45-25-24-33-27(2)46-38(41-33)30-15-9-6-10-16-30/h5-18,20-23,35,40H,3-4,19,24-26H2,1-2H3/t35-/m0/s1. The van der Waals surface area contributed by atoms with Gasteiger partial charge in [0, 0.05) is 41.6 Å². The zero-order valence-corrected chi connectivity index (χ0v) is 26.7. The summed E-state index contributed by atoms with van der Waals surface area (Å²) < 4.78 is 18.1. The van der Waals surface area contributed by atoms with Crippen LogP contribution in [0.3, 0.4) is 0 Å². The van der Waals surface area contributed by atoms with Gasteiger partial charge in [-0.15, -0.1) is 10.2 Å². The van der Waals surface area contributed by atoms with Gasteiger partial charge < -0.3 is 18.9 Å². The fourth-order valence-electron chi connectivity index (χ4n) is 5.36. The van der Waals surface area contributed by atoms with E-state index in [9.17, 15) is 4.79 Å². The van der Waals surface area contributed by atoms with Gasteiger partial charge in [0.15, 0.2) is 5.78 Å². The summed E-state index contributed by atoms with van der Waals surface area (Å²) in [5.41, 5.74) is 4.81. The number of hydrogen-bond acceptors (Lipinski definition) is 8. The highest BCUT2D eigenvalue weighted by Gasteiger charge is 2.23. The molecule has 4 aromatic carbocycles. The quantitative estimate of drug-likeness (QED) is 0.113. The monoisotopic (exact) mass is 626 g/mol. The van der Waals surface area contributed by atoms with E-state index in [-0.39, 0.29) is 11.8 Å². The number of aryl methyl sites for hydroxylation is 2. The molecular weight excluding hydrogens is 588 g/mol. The van der Waals surface area contributed by atoms with E-state index in [0.717, 1.165) is 47.6 Å². The van der Waals surface area contributed by atoms with E-state index in [4.69, 9.17) is 13.6 Å². The number of unbranched alkanes of at least 4 members (excludes halogenated alkanes) is 1. The first-order chi connectivity index (χ1) is 23.1. The summed E-state index contributed by atoms with van der Waals surface area (Å²) in [5, 5.41) is 12.3. The van der Waals surface area contributed by atoms with Crippen LogP contribution in [0.4, 0.5) is 5.69 Å². The summed E-state index contributed by atoms with van der Waals surface area (Å²) in [6.45, 7) is 4.53. The molecule has 1 atom stereocenters. The van der Waals surface area contributed by atoms with Crippen LogP contribution < -0.4 is 10.1 Å². The minimum atomic E-state index is -0.358. The van der Waals surface area contributed by atoms with Crippen LogP contribution in [0.5, 0.6) is 5.75 Å². The molecule has 0 spiro atoms. The molecule has 47 heavy (non-hydrogen) atoms. The van der Waals surface area contributed by atoms with E-state index in [0.29, 0.717) is 53.9 Å². The van der Waals surface area contributed by atoms with Gasteiger partial charge in [-0.2, -0.15) is 0 Å². The van der Waals surface area contributed by atoms with Crippen molar-refractivity contribution in [3.8, 4) is 17.2 Å². The Morgan fingerprint density at radius 2 is 1.55 bits per heavy atom. The zero-order valence-electron chi connectivity index (χ0n) is 26.7. The summed E-state index contributed by atoms with van der Waals surface area (Å²) in [6, 6.07) is 34.3. The van der Waals surface area contributed by atoms with Gasteiger partial charge in [-0.3, -0.25) is 4.79 Å². The molecule has 2 heterocycles. The molecule has 8 nitrogen and oxygen atoms in total. The molecular formula is C39H38N4O4. The molecule has 0 unspecified atom stereocenters. The first-order valence-corrected chi connectivity index (χ1v) is 16.1. The second kappa shape index (κ2) is 15.2. The lowest BCUT2D eigenvalue weighted by Crippen LogP contribution is -2.17. The van der Waals surface area contributed by atoms with E-state index in [1.807, 2.05) is 116 Å². The number of anilines is 1. The summed E-state index contributed by atoms with van der Waals surface area (Å²) in [6.07, 6.45) is 3.93. The molecule has 0 aliphatic carbocycles. The lowest BCUT2D eigenvalue weighted by Gasteiger charge is -2.19. The third kappa shape index (κ3) is 8.02. The van der Waals surface area contributed by atoms with E-state index in [2.05, 4.69) is 27.4 Å². The maximum atomic E-state index is 13.5. The van der Waals surface area contributed by atoms with Crippen molar-refractivity contribution in [1.29, 1.82) is 0 Å². The predicted octanol–water partition coefficient (Wildman–Crippen LogP) is 8.62. The average Bonchev–Trinajstić information content (AvgIpc) is 3.75. The summed E-state index contributed by atoms with van der Waals surface area (Å²) in [7, 11) is 0. The lowest BCUT2D eigenvalue weighted by atomic mass is 10.00. The van der Waals surface area contributed by atoms with Gasteiger partial charge in [-0.05, 0) is 55.3 Å². The molecule has 0 aliphatic rings. The number of hydrogen-bond donors (Lipinski definition) is 1. The van der Waals surface area contributed by atoms with Gasteiger partial charge in [0.25, 0.3) is 0 Å². The number of nitrogens with zero attached hydrogens (tertiary/aromatic N) is 3. The van der Waals surface area contributed by atoms with Crippen LogP contribution in [0.15, 0.2) is 118 Å². The third-order valence-corrected chi connectivity index (χ3v) is 7.95. The normalized spacial score (nSPS) is 11.7. The van der Waals surface area contributed by atoms with Gasteiger partial charge in [0.2, 0.25) is 17.7 Å². The largest absolute Gasteiger partial charge is 0.493 e. The molecule has 0 saturated carbocycles. The Morgan fingerprint density at radius 3 is 2.32 bits per heavy atom. The lowest BCUT2D eigenvalue weighted by molar-refractivity contribution is 0.103. The van der Waals surface area contributed by atoms with Crippen molar-refractivity contribution in [3.05, 3.63) is 149 Å². The maximum Gasteiger partial charge on any atom is 0.238 e. The van der Waals surface area contributed by atoms with Crippen molar-refractivity contribution in [3.63, 3.8) is 0 Å². The fourth-order valence-corrected chi connectivity index (χ4v) is 5.36. The van der Waals surface area contributed by atoms with Crippen molar-refractivity contribution >= 4 is 11.5 Å². The van der Waals surface area contributed by atoms with Gasteiger partial charge in [0.05, 0.1) is 12.3 Å². The van der Waals surface area contributed by atoms with Crippen LogP contribution in [0, 0.1) is 6.92 Å². The Bertz CT molecular complexity index is 1880. The topological polar surface area (TPSA) is 103 Å². The van der Waals surface area contributed by atoms with E-state index in [1.165, 1.54) is 0 Å². The highest BCUT2D eigenvalue weighted by Crippen LogP contribution is 2.28. The number of ketones is 1. The van der Waals surface area contributed by atoms with Crippen LogP contribution >= 0.6 is 0 Å². The second-order valence-electron chi connectivity index (χ2n) is 11.4. The van der Waals surface area contributed by atoms with Crippen molar-refractivity contribution in [2.45, 2.75) is 52.0 Å².